The number of hydrogen-bond donors (Lipinski definition) is 1. The minimum atomic E-state index is 0.474. The second-order valence-corrected chi connectivity index (χ2v) is 7.57. The van der Waals surface area contributed by atoms with Crippen molar-refractivity contribution in [2.45, 2.75) is 70.7 Å². The molecule has 0 bridgehead atoms. The Kier molecular flexibility index (Phi) is 9.10. The van der Waals surface area contributed by atoms with Crippen LogP contribution in [0.1, 0.15) is 59.8 Å². The van der Waals surface area contributed by atoms with Crippen LogP contribution in [-0.4, -0.2) is 18.3 Å². The van der Waals surface area contributed by atoms with E-state index < -0.39 is 0 Å². The summed E-state index contributed by atoms with van der Waals surface area (Å²) in [6.07, 6.45) is 6.60. The lowest BCUT2D eigenvalue weighted by molar-refractivity contribution is 0.218. The summed E-state index contributed by atoms with van der Waals surface area (Å²) in [6.45, 7) is 10.3. The first-order valence-corrected chi connectivity index (χ1v) is 9.51. The molecule has 0 aliphatic carbocycles. The van der Waals surface area contributed by atoms with Gasteiger partial charge in [-0.05, 0) is 42.6 Å². The third-order valence-electron chi connectivity index (χ3n) is 4.34. The minimum absolute atomic E-state index is 0.474. The van der Waals surface area contributed by atoms with E-state index in [0.717, 1.165) is 6.54 Å². The SMILES string of the molecule is CCCCC(CC)(CCSc1ccccc1)CNC(C)C. The monoisotopic (exact) mass is 307 g/mol. The Labute approximate surface area is 136 Å². The van der Waals surface area contributed by atoms with Crippen LogP contribution in [0.4, 0.5) is 0 Å². The highest BCUT2D eigenvalue weighted by Gasteiger charge is 2.27. The van der Waals surface area contributed by atoms with Gasteiger partial charge >= 0.3 is 0 Å². The van der Waals surface area contributed by atoms with Crippen molar-refractivity contribution in [3.05, 3.63) is 30.3 Å². The fourth-order valence-electron chi connectivity index (χ4n) is 2.65. The molecule has 21 heavy (non-hydrogen) atoms. The van der Waals surface area contributed by atoms with Gasteiger partial charge in [0.25, 0.3) is 0 Å². The predicted octanol–water partition coefficient (Wildman–Crippen LogP) is 5.75. The van der Waals surface area contributed by atoms with Gasteiger partial charge in [-0.3, -0.25) is 0 Å². The van der Waals surface area contributed by atoms with Gasteiger partial charge in [0.1, 0.15) is 0 Å². The van der Waals surface area contributed by atoms with Crippen LogP contribution in [-0.2, 0) is 0 Å². The van der Waals surface area contributed by atoms with Crippen LogP contribution in [0.25, 0.3) is 0 Å². The van der Waals surface area contributed by atoms with Crippen LogP contribution < -0.4 is 5.32 Å². The maximum absolute atomic E-state index is 3.69. The van der Waals surface area contributed by atoms with Gasteiger partial charge in [-0.2, -0.15) is 0 Å². The molecule has 0 radical (unpaired) electrons. The molecular formula is C19H33NS. The summed E-state index contributed by atoms with van der Waals surface area (Å²) in [5, 5.41) is 3.69. The summed E-state index contributed by atoms with van der Waals surface area (Å²) >= 11 is 2.00. The molecule has 0 aromatic heterocycles. The Balaban J connectivity index is 2.53. The summed E-state index contributed by atoms with van der Waals surface area (Å²) < 4.78 is 0. The number of benzene rings is 1. The molecule has 1 N–H and O–H groups in total. The second-order valence-electron chi connectivity index (χ2n) is 6.40. The third kappa shape index (κ3) is 7.37. The predicted molar refractivity (Wildman–Crippen MR) is 97.2 cm³/mol. The Morgan fingerprint density at radius 2 is 1.81 bits per heavy atom. The van der Waals surface area contributed by atoms with Crippen LogP contribution in [0.5, 0.6) is 0 Å². The van der Waals surface area contributed by atoms with E-state index in [9.17, 15) is 0 Å². The van der Waals surface area contributed by atoms with Crippen LogP contribution in [0, 0.1) is 5.41 Å². The highest BCUT2D eigenvalue weighted by atomic mass is 32.2. The van der Waals surface area contributed by atoms with E-state index in [1.807, 2.05) is 11.8 Å². The summed E-state index contributed by atoms with van der Waals surface area (Å²) in [5.41, 5.74) is 0.474. The van der Waals surface area contributed by atoms with E-state index >= 15 is 0 Å². The van der Waals surface area contributed by atoms with Gasteiger partial charge in [0, 0.05) is 17.5 Å². The molecule has 0 aliphatic rings. The molecule has 1 rings (SSSR count). The molecule has 0 aliphatic heterocycles. The van der Waals surface area contributed by atoms with Crippen molar-refractivity contribution < 1.29 is 0 Å². The Hall–Kier alpha value is -0.470. The molecule has 0 saturated heterocycles. The molecule has 1 aromatic carbocycles. The second kappa shape index (κ2) is 10.3. The fraction of sp³-hybridized carbons (Fsp3) is 0.684. The zero-order valence-corrected chi connectivity index (χ0v) is 15.1. The fourth-order valence-corrected chi connectivity index (χ4v) is 3.78. The largest absolute Gasteiger partial charge is 0.314 e. The minimum Gasteiger partial charge on any atom is -0.314 e. The lowest BCUT2D eigenvalue weighted by Gasteiger charge is -2.34. The van der Waals surface area contributed by atoms with E-state index in [4.69, 9.17) is 0 Å². The highest BCUT2D eigenvalue weighted by molar-refractivity contribution is 7.99. The first-order valence-electron chi connectivity index (χ1n) is 8.53. The quantitative estimate of drug-likeness (QED) is 0.522. The maximum Gasteiger partial charge on any atom is 0.00719 e. The van der Waals surface area contributed by atoms with E-state index in [1.165, 1.54) is 42.8 Å². The number of rotatable bonds is 11. The standard InChI is InChI=1S/C19H33NS/c1-5-7-13-19(6-2,16-20-17(3)4)14-15-21-18-11-9-8-10-12-18/h8-12,17,20H,5-7,13-16H2,1-4H3. The van der Waals surface area contributed by atoms with Crippen molar-refractivity contribution in [2.24, 2.45) is 5.41 Å². The summed E-state index contributed by atoms with van der Waals surface area (Å²) in [7, 11) is 0. The number of hydrogen-bond acceptors (Lipinski definition) is 2. The van der Waals surface area contributed by atoms with Crippen LogP contribution in [0.3, 0.4) is 0 Å². The molecule has 0 spiro atoms. The molecular weight excluding hydrogens is 274 g/mol. The molecule has 0 saturated carbocycles. The molecule has 120 valence electrons. The molecule has 1 unspecified atom stereocenters. The molecule has 1 nitrogen and oxygen atoms in total. The Morgan fingerprint density at radius 1 is 1.10 bits per heavy atom. The van der Waals surface area contributed by atoms with Gasteiger partial charge in [-0.1, -0.05) is 58.7 Å². The maximum atomic E-state index is 3.69. The smallest absolute Gasteiger partial charge is 0.00719 e. The van der Waals surface area contributed by atoms with Gasteiger partial charge < -0.3 is 5.32 Å². The van der Waals surface area contributed by atoms with E-state index in [-0.39, 0.29) is 0 Å². The molecule has 2 heteroatoms. The average Bonchev–Trinajstić information content (AvgIpc) is 2.51. The van der Waals surface area contributed by atoms with Crippen molar-refractivity contribution in [1.29, 1.82) is 0 Å². The number of nitrogens with one attached hydrogen (secondary N) is 1. The zero-order chi connectivity index (χ0) is 15.6. The van der Waals surface area contributed by atoms with Gasteiger partial charge in [-0.15, -0.1) is 11.8 Å². The van der Waals surface area contributed by atoms with E-state index in [1.54, 1.807) is 0 Å². The molecule has 0 heterocycles. The van der Waals surface area contributed by atoms with E-state index in [0.29, 0.717) is 11.5 Å². The van der Waals surface area contributed by atoms with Crippen molar-refractivity contribution >= 4 is 11.8 Å². The third-order valence-corrected chi connectivity index (χ3v) is 5.35. The molecule has 1 aromatic rings. The van der Waals surface area contributed by atoms with Crippen LogP contribution in [0.2, 0.25) is 0 Å². The topological polar surface area (TPSA) is 12.0 Å². The average molecular weight is 308 g/mol. The lowest BCUT2D eigenvalue weighted by atomic mass is 9.77. The lowest BCUT2D eigenvalue weighted by Crippen LogP contribution is -2.37. The van der Waals surface area contributed by atoms with Crippen LogP contribution in [0.15, 0.2) is 35.2 Å². The van der Waals surface area contributed by atoms with Gasteiger partial charge in [0.2, 0.25) is 0 Å². The van der Waals surface area contributed by atoms with Gasteiger partial charge in [0.05, 0.1) is 0 Å². The summed E-state index contributed by atoms with van der Waals surface area (Å²) in [5.74, 6) is 1.22. The first-order chi connectivity index (χ1) is 10.1. The highest BCUT2D eigenvalue weighted by Crippen LogP contribution is 2.35. The van der Waals surface area contributed by atoms with Gasteiger partial charge in [-0.25, -0.2) is 0 Å². The summed E-state index contributed by atoms with van der Waals surface area (Å²) in [6, 6.07) is 11.4. The van der Waals surface area contributed by atoms with Crippen molar-refractivity contribution in [3.8, 4) is 0 Å². The van der Waals surface area contributed by atoms with Crippen molar-refractivity contribution in [3.63, 3.8) is 0 Å². The molecule has 0 amide bonds. The molecule has 0 fully saturated rings. The summed E-state index contributed by atoms with van der Waals surface area (Å²) in [4.78, 5) is 1.40. The van der Waals surface area contributed by atoms with Gasteiger partial charge in [0.15, 0.2) is 0 Å². The number of unbranched alkanes of at least 4 members (excludes halogenated alkanes) is 1. The zero-order valence-electron chi connectivity index (χ0n) is 14.3. The molecule has 1 atom stereocenters. The Morgan fingerprint density at radius 3 is 2.38 bits per heavy atom. The Bertz CT molecular complexity index is 363. The van der Waals surface area contributed by atoms with Crippen LogP contribution >= 0.6 is 11.8 Å². The van der Waals surface area contributed by atoms with Crippen molar-refractivity contribution in [2.75, 3.05) is 12.3 Å². The normalized spacial score (nSPS) is 14.3. The first kappa shape index (κ1) is 18.6. The van der Waals surface area contributed by atoms with Crippen molar-refractivity contribution in [1.82, 2.24) is 5.32 Å². The number of thioether (sulfide) groups is 1. The van der Waals surface area contributed by atoms with E-state index in [2.05, 4.69) is 63.3 Å².